The van der Waals surface area contributed by atoms with Crippen molar-refractivity contribution in [3.8, 4) is 45.3 Å². The van der Waals surface area contributed by atoms with Crippen molar-refractivity contribution >= 4 is 43.6 Å². The van der Waals surface area contributed by atoms with Gasteiger partial charge in [-0.3, -0.25) is 4.98 Å². The van der Waals surface area contributed by atoms with Crippen LogP contribution in [0.5, 0.6) is 0 Å². The molecular weight excluding hydrogens is 552 g/mol. The smallest absolute Gasteiger partial charge is 0.164 e. The number of nitrogens with zero attached hydrogens (tertiary/aromatic N) is 4. The zero-order valence-corrected chi connectivity index (χ0v) is 24.1. The SMILES string of the molecule is c1ccc(-c2cc(-c3nc(-c4ccccc4)nc(-c4ccc5ccccc5c4)n3)c3c(c2)oc2cc4cccnc4cc23)cc1. The third-order valence-electron chi connectivity index (χ3n) is 8.32. The van der Waals surface area contributed by atoms with E-state index in [1.54, 1.807) is 0 Å². The van der Waals surface area contributed by atoms with Crippen molar-refractivity contribution in [3.63, 3.8) is 0 Å². The van der Waals surface area contributed by atoms with Crippen molar-refractivity contribution in [3.05, 3.63) is 146 Å². The molecule has 0 aliphatic carbocycles. The van der Waals surface area contributed by atoms with Gasteiger partial charge in [0, 0.05) is 39.0 Å². The monoisotopic (exact) mass is 576 g/mol. The Kier molecular flexibility index (Phi) is 5.74. The molecule has 0 atom stereocenters. The average molecular weight is 577 g/mol. The first-order valence-corrected chi connectivity index (χ1v) is 14.9. The van der Waals surface area contributed by atoms with Gasteiger partial charge in [0.05, 0.1) is 5.52 Å². The fraction of sp³-hybridized carbons (Fsp3) is 0. The maximum atomic E-state index is 6.56. The van der Waals surface area contributed by atoms with Crippen LogP contribution < -0.4 is 0 Å². The number of rotatable bonds is 4. The van der Waals surface area contributed by atoms with Crippen LogP contribution in [0.3, 0.4) is 0 Å². The second-order valence-electron chi connectivity index (χ2n) is 11.1. The summed E-state index contributed by atoms with van der Waals surface area (Å²) < 4.78 is 6.56. The summed E-state index contributed by atoms with van der Waals surface area (Å²) in [5.41, 5.74) is 7.30. The van der Waals surface area contributed by atoms with Gasteiger partial charge >= 0.3 is 0 Å². The van der Waals surface area contributed by atoms with E-state index in [4.69, 9.17) is 19.4 Å². The van der Waals surface area contributed by atoms with Crippen LogP contribution in [-0.4, -0.2) is 19.9 Å². The molecule has 0 saturated heterocycles. The quantitative estimate of drug-likeness (QED) is 0.209. The molecule has 0 unspecified atom stereocenters. The minimum absolute atomic E-state index is 0.582. The fourth-order valence-corrected chi connectivity index (χ4v) is 6.12. The van der Waals surface area contributed by atoms with Gasteiger partial charge in [-0.05, 0) is 58.3 Å². The van der Waals surface area contributed by atoms with Crippen molar-refractivity contribution < 1.29 is 4.42 Å². The highest BCUT2D eigenvalue weighted by atomic mass is 16.3. The van der Waals surface area contributed by atoms with E-state index in [1.165, 1.54) is 5.39 Å². The Balaban J connectivity index is 1.36. The van der Waals surface area contributed by atoms with Crippen molar-refractivity contribution in [2.75, 3.05) is 0 Å². The Hall–Kier alpha value is -6.20. The number of hydrogen-bond acceptors (Lipinski definition) is 5. The van der Waals surface area contributed by atoms with Gasteiger partial charge in [-0.1, -0.05) is 103 Å². The molecule has 5 nitrogen and oxygen atoms in total. The predicted molar refractivity (Wildman–Crippen MR) is 182 cm³/mol. The number of furan rings is 1. The number of benzene rings is 6. The maximum absolute atomic E-state index is 6.56. The van der Waals surface area contributed by atoms with E-state index in [2.05, 4.69) is 89.9 Å². The summed E-state index contributed by atoms with van der Waals surface area (Å²) in [6.07, 6.45) is 1.82. The predicted octanol–water partition coefficient (Wildman–Crippen LogP) is 10.1. The van der Waals surface area contributed by atoms with E-state index >= 15 is 0 Å². The fourth-order valence-electron chi connectivity index (χ4n) is 6.12. The molecule has 0 amide bonds. The van der Waals surface area contributed by atoms with Crippen LogP contribution >= 0.6 is 0 Å². The largest absolute Gasteiger partial charge is 0.456 e. The molecule has 6 aromatic carbocycles. The van der Waals surface area contributed by atoms with Gasteiger partial charge in [-0.2, -0.15) is 0 Å². The van der Waals surface area contributed by atoms with Crippen LogP contribution in [0.2, 0.25) is 0 Å². The molecule has 0 spiro atoms. The highest BCUT2D eigenvalue weighted by Gasteiger charge is 2.20. The van der Waals surface area contributed by atoms with E-state index in [0.717, 1.165) is 66.0 Å². The molecule has 0 saturated carbocycles. The van der Waals surface area contributed by atoms with E-state index in [-0.39, 0.29) is 0 Å². The lowest BCUT2D eigenvalue weighted by atomic mass is 9.97. The Morgan fingerprint density at radius 2 is 1.11 bits per heavy atom. The van der Waals surface area contributed by atoms with Crippen molar-refractivity contribution in [1.82, 2.24) is 19.9 Å². The molecule has 9 rings (SSSR count). The summed E-state index contributed by atoms with van der Waals surface area (Å²) in [5, 5.41) is 5.25. The molecule has 0 aliphatic rings. The Bertz CT molecular complexity index is 2540. The first-order chi connectivity index (χ1) is 22.3. The van der Waals surface area contributed by atoms with E-state index < -0.39 is 0 Å². The minimum Gasteiger partial charge on any atom is -0.456 e. The summed E-state index contributed by atoms with van der Waals surface area (Å²) >= 11 is 0. The van der Waals surface area contributed by atoms with Crippen LogP contribution in [0.15, 0.2) is 150 Å². The van der Waals surface area contributed by atoms with Crippen LogP contribution in [0.4, 0.5) is 0 Å². The van der Waals surface area contributed by atoms with E-state index in [9.17, 15) is 0 Å². The first-order valence-electron chi connectivity index (χ1n) is 14.9. The summed E-state index contributed by atoms with van der Waals surface area (Å²) in [6, 6.07) is 47.5. The maximum Gasteiger partial charge on any atom is 0.164 e. The summed E-state index contributed by atoms with van der Waals surface area (Å²) in [7, 11) is 0. The molecular formula is C40H24N4O. The van der Waals surface area contributed by atoms with Gasteiger partial charge < -0.3 is 4.42 Å². The standard InChI is InChI=1S/C40H24N4O/c1-3-10-25(11-4-1)31-21-33(37-32-24-34-29(16-9-19-41-34)22-35(32)45-36(37)23-31)40-43-38(27-13-5-2-6-14-27)42-39(44-40)30-18-17-26-12-7-8-15-28(26)20-30/h1-24H. The molecule has 0 aliphatic heterocycles. The van der Waals surface area contributed by atoms with Gasteiger partial charge in [0.2, 0.25) is 0 Å². The molecule has 3 heterocycles. The third-order valence-corrected chi connectivity index (χ3v) is 8.32. The zero-order chi connectivity index (χ0) is 29.7. The summed E-state index contributed by atoms with van der Waals surface area (Å²) in [5.74, 6) is 1.81. The second kappa shape index (κ2) is 10.2. The molecule has 0 fully saturated rings. The van der Waals surface area contributed by atoms with Crippen LogP contribution in [0.25, 0.3) is 88.9 Å². The normalized spacial score (nSPS) is 11.6. The van der Waals surface area contributed by atoms with E-state index in [0.29, 0.717) is 17.5 Å². The molecule has 5 heteroatoms. The molecule has 210 valence electrons. The molecule has 45 heavy (non-hydrogen) atoms. The number of pyridine rings is 1. The first kappa shape index (κ1) is 25.3. The van der Waals surface area contributed by atoms with E-state index in [1.807, 2.05) is 60.8 Å². The van der Waals surface area contributed by atoms with Gasteiger partial charge in [-0.15, -0.1) is 0 Å². The molecule has 0 N–H and O–H groups in total. The second-order valence-corrected chi connectivity index (χ2v) is 11.1. The van der Waals surface area contributed by atoms with Gasteiger partial charge in [0.1, 0.15) is 11.2 Å². The van der Waals surface area contributed by atoms with Crippen LogP contribution in [0, 0.1) is 0 Å². The summed E-state index contributed by atoms with van der Waals surface area (Å²) in [6.45, 7) is 0. The molecule has 0 bridgehead atoms. The highest BCUT2D eigenvalue weighted by Crippen LogP contribution is 2.41. The zero-order valence-electron chi connectivity index (χ0n) is 24.1. The number of aromatic nitrogens is 4. The Labute approximate surface area is 258 Å². The van der Waals surface area contributed by atoms with Gasteiger partial charge in [0.25, 0.3) is 0 Å². The van der Waals surface area contributed by atoms with Crippen molar-refractivity contribution in [1.29, 1.82) is 0 Å². The molecule has 9 aromatic rings. The lowest BCUT2D eigenvalue weighted by molar-refractivity contribution is 0.669. The highest BCUT2D eigenvalue weighted by molar-refractivity contribution is 6.15. The minimum atomic E-state index is 0.582. The van der Waals surface area contributed by atoms with Crippen molar-refractivity contribution in [2.24, 2.45) is 0 Å². The van der Waals surface area contributed by atoms with Crippen LogP contribution in [0.1, 0.15) is 0 Å². The number of hydrogen-bond donors (Lipinski definition) is 0. The van der Waals surface area contributed by atoms with Gasteiger partial charge in [-0.25, -0.2) is 15.0 Å². The third kappa shape index (κ3) is 4.41. The summed E-state index contributed by atoms with van der Waals surface area (Å²) in [4.78, 5) is 19.9. The lowest BCUT2D eigenvalue weighted by Crippen LogP contribution is -2.00. The average Bonchev–Trinajstić information content (AvgIpc) is 3.47. The molecule has 0 radical (unpaired) electrons. The Morgan fingerprint density at radius 3 is 1.93 bits per heavy atom. The topological polar surface area (TPSA) is 64.7 Å². The number of fused-ring (bicyclic) bond motifs is 5. The van der Waals surface area contributed by atoms with Crippen LogP contribution in [-0.2, 0) is 0 Å². The van der Waals surface area contributed by atoms with Crippen molar-refractivity contribution in [2.45, 2.75) is 0 Å². The Morgan fingerprint density at radius 1 is 0.422 bits per heavy atom. The lowest BCUT2D eigenvalue weighted by Gasteiger charge is -2.11. The molecule has 3 aromatic heterocycles. The van der Waals surface area contributed by atoms with Gasteiger partial charge in [0.15, 0.2) is 17.5 Å².